The molecule has 5 nitrogen and oxygen atoms in total. The lowest BCUT2D eigenvalue weighted by Gasteiger charge is -2.44. The van der Waals surface area contributed by atoms with Gasteiger partial charge in [0.05, 0.1) is 18.6 Å². The third-order valence-electron chi connectivity index (χ3n) is 3.46. The van der Waals surface area contributed by atoms with Gasteiger partial charge in [0, 0.05) is 6.04 Å². The van der Waals surface area contributed by atoms with Crippen LogP contribution in [0.5, 0.6) is 0 Å². The molecule has 2 fully saturated rings. The molecule has 2 rings (SSSR count). The van der Waals surface area contributed by atoms with E-state index in [0.29, 0.717) is 0 Å². The molecule has 1 saturated carbocycles. The number of rotatable bonds is 1. The first kappa shape index (κ1) is 14.3. The van der Waals surface area contributed by atoms with Crippen LogP contribution in [-0.2, 0) is 9.59 Å². The molecule has 1 heterocycles. The monoisotopic (exact) mass is 261 g/mol. The molecule has 2 aliphatic rings. The van der Waals surface area contributed by atoms with E-state index in [0.717, 1.165) is 25.7 Å². The zero-order valence-corrected chi connectivity index (χ0v) is 10.8. The standard InChI is InChI=1S/C11H19N3O2.ClH/c1-7(12)11(16)14-6-10(15)13-8-4-2-3-5-9(8)14;/h7-9H,2-6,12H2,1H3,(H,13,15);1H/t7-,8?,9?;/m0./s1. The van der Waals surface area contributed by atoms with E-state index < -0.39 is 6.04 Å². The Kier molecular flexibility index (Phi) is 4.77. The second-order valence-corrected chi connectivity index (χ2v) is 4.78. The van der Waals surface area contributed by atoms with Crippen molar-refractivity contribution in [2.75, 3.05) is 6.54 Å². The van der Waals surface area contributed by atoms with Gasteiger partial charge in [0.25, 0.3) is 0 Å². The summed E-state index contributed by atoms with van der Waals surface area (Å²) in [5.74, 6) is -0.163. The van der Waals surface area contributed by atoms with Crippen LogP contribution in [0.2, 0.25) is 0 Å². The molecule has 0 aromatic heterocycles. The number of carbonyl (C=O) groups excluding carboxylic acids is 2. The van der Waals surface area contributed by atoms with Gasteiger partial charge in [-0.05, 0) is 19.8 Å². The minimum absolute atomic E-state index is 0. The maximum absolute atomic E-state index is 11.9. The Balaban J connectivity index is 0.00000144. The van der Waals surface area contributed by atoms with Gasteiger partial charge in [-0.15, -0.1) is 12.4 Å². The van der Waals surface area contributed by atoms with E-state index in [1.807, 2.05) is 0 Å². The molecule has 17 heavy (non-hydrogen) atoms. The van der Waals surface area contributed by atoms with Crippen molar-refractivity contribution in [3.63, 3.8) is 0 Å². The van der Waals surface area contributed by atoms with Gasteiger partial charge < -0.3 is 16.0 Å². The largest absolute Gasteiger partial charge is 0.350 e. The molecule has 3 atom stereocenters. The number of amides is 2. The number of fused-ring (bicyclic) bond motifs is 1. The van der Waals surface area contributed by atoms with Gasteiger partial charge in [0.15, 0.2) is 0 Å². The van der Waals surface area contributed by atoms with E-state index in [9.17, 15) is 9.59 Å². The molecule has 0 aromatic rings. The average molecular weight is 262 g/mol. The van der Waals surface area contributed by atoms with E-state index in [-0.39, 0.29) is 42.8 Å². The van der Waals surface area contributed by atoms with Crippen LogP contribution in [0.25, 0.3) is 0 Å². The minimum atomic E-state index is -0.520. The predicted molar refractivity (Wildman–Crippen MR) is 66.8 cm³/mol. The first-order chi connectivity index (χ1) is 7.59. The highest BCUT2D eigenvalue weighted by Gasteiger charge is 2.39. The third kappa shape index (κ3) is 2.90. The summed E-state index contributed by atoms with van der Waals surface area (Å²) >= 11 is 0. The number of nitrogens with zero attached hydrogens (tertiary/aromatic N) is 1. The van der Waals surface area contributed by atoms with Crippen molar-refractivity contribution in [2.45, 2.75) is 50.7 Å². The van der Waals surface area contributed by atoms with Crippen molar-refractivity contribution in [1.82, 2.24) is 10.2 Å². The molecule has 1 aliphatic carbocycles. The number of hydrogen-bond acceptors (Lipinski definition) is 3. The van der Waals surface area contributed by atoms with Gasteiger partial charge in [-0.2, -0.15) is 0 Å². The highest BCUT2D eigenvalue weighted by atomic mass is 35.5. The van der Waals surface area contributed by atoms with Crippen LogP contribution >= 0.6 is 12.4 Å². The Morgan fingerprint density at radius 1 is 1.47 bits per heavy atom. The topological polar surface area (TPSA) is 75.4 Å². The summed E-state index contributed by atoms with van der Waals surface area (Å²) in [7, 11) is 0. The first-order valence-corrected chi connectivity index (χ1v) is 5.95. The summed E-state index contributed by atoms with van der Waals surface area (Å²) in [6, 6.07) is -0.226. The third-order valence-corrected chi connectivity index (χ3v) is 3.46. The fraction of sp³-hybridized carbons (Fsp3) is 0.818. The van der Waals surface area contributed by atoms with Gasteiger partial charge in [0.1, 0.15) is 0 Å². The predicted octanol–water partition coefficient (Wildman–Crippen LogP) is 0.0250. The van der Waals surface area contributed by atoms with Crippen molar-refractivity contribution in [3.8, 4) is 0 Å². The van der Waals surface area contributed by atoms with Gasteiger partial charge >= 0.3 is 0 Å². The molecule has 2 amide bonds. The van der Waals surface area contributed by atoms with Crippen molar-refractivity contribution in [1.29, 1.82) is 0 Å². The highest BCUT2D eigenvalue weighted by molar-refractivity contribution is 5.89. The average Bonchev–Trinajstić information content (AvgIpc) is 2.26. The molecule has 0 spiro atoms. The number of carbonyl (C=O) groups is 2. The zero-order chi connectivity index (χ0) is 11.7. The Bertz CT molecular complexity index is 309. The normalized spacial score (nSPS) is 29.8. The van der Waals surface area contributed by atoms with E-state index in [1.54, 1.807) is 11.8 Å². The Morgan fingerprint density at radius 3 is 2.76 bits per heavy atom. The summed E-state index contributed by atoms with van der Waals surface area (Å²) in [5, 5.41) is 2.97. The molecular formula is C11H20ClN3O2. The van der Waals surface area contributed by atoms with Crippen molar-refractivity contribution in [3.05, 3.63) is 0 Å². The smallest absolute Gasteiger partial charge is 0.239 e. The van der Waals surface area contributed by atoms with Gasteiger partial charge in [-0.3, -0.25) is 9.59 Å². The lowest BCUT2D eigenvalue weighted by molar-refractivity contribution is -0.145. The minimum Gasteiger partial charge on any atom is -0.350 e. The molecule has 1 aliphatic heterocycles. The van der Waals surface area contributed by atoms with Crippen LogP contribution in [-0.4, -0.2) is 41.4 Å². The second-order valence-electron chi connectivity index (χ2n) is 4.78. The molecular weight excluding hydrogens is 242 g/mol. The maximum atomic E-state index is 11.9. The Morgan fingerprint density at radius 2 is 2.12 bits per heavy atom. The fourth-order valence-electron chi connectivity index (χ4n) is 2.68. The molecule has 98 valence electrons. The number of hydrogen-bond donors (Lipinski definition) is 2. The molecule has 2 unspecified atom stereocenters. The van der Waals surface area contributed by atoms with Crippen LogP contribution in [0, 0.1) is 0 Å². The summed E-state index contributed by atoms with van der Waals surface area (Å²) in [4.78, 5) is 25.1. The molecule has 3 N–H and O–H groups in total. The number of piperazine rings is 1. The lowest BCUT2D eigenvalue weighted by Crippen LogP contribution is -2.64. The first-order valence-electron chi connectivity index (χ1n) is 5.95. The SMILES string of the molecule is C[C@H](N)C(=O)N1CC(=O)NC2CCCCC21.Cl. The quantitative estimate of drug-likeness (QED) is 0.699. The van der Waals surface area contributed by atoms with E-state index in [4.69, 9.17) is 5.73 Å². The summed E-state index contributed by atoms with van der Waals surface area (Å²) in [5.41, 5.74) is 5.61. The van der Waals surface area contributed by atoms with Gasteiger partial charge in [0.2, 0.25) is 11.8 Å². The van der Waals surface area contributed by atoms with Crippen LogP contribution in [0.15, 0.2) is 0 Å². The van der Waals surface area contributed by atoms with E-state index in [1.165, 1.54) is 0 Å². The van der Waals surface area contributed by atoms with E-state index in [2.05, 4.69) is 5.32 Å². The van der Waals surface area contributed by atoms with Crippen molar-refractivity contribution >= 4 is 24.2 Å². The summed E-state index contributed by atoms with van der Waals surface area (Å²) < 4.78 is 0. The number of halogens is 1. The molecule has 6 heteroatoms. The van der Waals surface area contributed by atoms with Crippen LogP contribution in [0.3, 0.4) is 0 Å². The Hall–Kier alpha value is -0.810. The molecule has 1 saturated heterocycles. The zero-order valence-electron chi connectivity index (χ0n) is 10.0. The number of nitrogens with two attached hydrogens (primary N) is 1. The van der Waals surface area contributed by atoms with Crippen LogP contribution < -0.4 is 11.1 Å². The second kappa shape index (κ2) is 5.69. The van der Waals surface area contributed by atoms with E-state index >= 15 is 0 Å². The molecule has 0 bridgehead atoms. The molecule has 0 radical (unpaired) electrons. The van der Waals surface area contributed by atoms with Gasteiger partial charge in [-0.25, -0.2) is 0 Å². The Labute approximate surface area is 108 Å². The van der Waals surface area contributed by atoms with Gasteiger partial charge in [-0.1, -0.05) is 12.8 Å². The fourth-order valence-corrected chi connectivity index (χ4v) is 2.68. The summed E-state index contributed by atoms with van der Waals surface area (Å²) in [6.45, 7) is 1.84. The van der Waals surface area contributed by atoms with Crippen molar-refractivity contribution in [2.24, 2.45) is 5.73 Å². The lowest BCUT2D eigenvalue weighted by atomic mass is 9.87. The molecule has 0 aromatic carbocycles. The van der Waals surface area contributed by atoms with Crippen molar-refractivity contribution < 1.29 is 9.59 Å². The summed E-state index contributed by atoms with van der Waals surface area (Å²) in [6.07, 6.45) is 4.20. The van der Waals surface area contributed by atoms with Crippen LogP contribution in [0.4, 0.5) is 0 Å². The number of nitrogens with one attached hydrogen (secondary N) is 1. The highest BCUT2D eigenvalue weighted by Crippen LogP contribution is 2.26. The maximum Gasteiger partial charge on any atom is 0.239 e. The van der Waals surface area contributed by atoms with Crippen LogP contribution in [0.1, 0.15) is 32.6 Å².